The monoisotopic (exact) mass is 266 g/mol. The zero-order valence-electron chi connectivity index (χ0n) is 11.3. The fraction of sp³-hybridized carbons (Fsp3) is 0.133. The van der Waals surface area contributed by atoms with Crippen molar-refractivity contribution in [3.05, 3.63) is 48.3 Å². The van der Waals surface area contributed by atoms with E-state index in [1.54, 1.807) is 20.3 Å². The number of H-pyrrole nitrogens is 1. The fourth-order valence-corrected chi connectivity index (χ4v) is 2.06. The molecule has 0 saturated carbocycles. The lowest BCUT2D eigenvalue weighted by molar-refractivity contribution is 0.0824. The van der Waals surface area contributed by atoms with E-state index in [-0.39, 0.29) is 5.91 Å². The number of nitrogens with one attached hydrogen (secondary N) is 1. The van der Waals surface area contributed by atoms with Crippen LogP contribution in [0, 0.1) is 0 Å². The van der Waals surface area contributed by atoms with E-state index in [1.165, 1.54) is 4.90 Å². The highest BCUT2D eigenvalue weighted by Gasteiger charge is 2.16. The summed E-state index contributed by atoms with van der Waals surface area (Å²) in [5.74, 6) is -0.124. The van der Waals surface area contributed by atoms with Crippen molar-refractivity contribution in [2.75, 3.05) is 14.1 Å². The molecule has 0 aliphatic carbocycles. The Balaban J connectivity index is 2.15. The minimum Gasteiger partial charge on any atom is -0.343 e. The Morgan fingerprint density at radius 1 is 1.20 bits per heavy atom. The molecule has 3 rings (SSSR count). The molecule has 0 saturated heterocycles. The molecule has 20 heavy (non-hydrogen) atoms. The highest BCUT2D eigenvalue weighted by molar-refractivity contribution is 6.05. The van der Waals surface area contributed by atoms with Crippen molar-refractivity contribution < 1.29 is 4.79 Å². The Morgan fingerprint density at radius 2 is 1.95 bits per heavy atom. The molecule has 0 unspecified atom stereocenters. The second kappa shape index (κ2) is 4.77. The number of fused-ring (bicyclic) bond motifs is 1. The van der Waals surface area contributed by atoms with Gasteiger partial charge in [-0.1, -0.05) is 30.3 Å². The Kier molecular flexibility index (Phi) is 2.95. The van der Waals surface area contributed by atoms with Crippen LogP contribution in [0.5, 0.6) is 0 Å². The molecule has 5 nitrogen and oxygen atoms in total. The van der Waals surface area contributed by atoms with Crippen molar-refractivity contribution in [2.24, 2.45) is 0 Å². The van der Waals surface area contributed by atoms with Gasteiger partial charge in [-0.2, -0.15) is 5.10 Å². The predicted octanol–water partition coefficient (Wildman–Crippen LogP) is 2.33. The van der Waals surface area contributed by atoms with Gasteiger partial charge in [0.05, 0.1) is 17.4 Å². The third kappa shape index (κ3) is 2.03. The minimum atomic E-state index is -0.124. The van der Waals surface area contributed by atoms with Crippen LogP contribution in [0.3, 0.4) is 0 Å². The largest absolute Gasteiger partial charge is 0.343 e. The lowest BCUT2D eigenvalue weighted by atomic mass is 10.1. The summed E-state index contributed by atoms with van der Waals surface area (Å²) in [5, 5.41) is 7.73. The summed E-state index contributed by atoms with van der Waals surface area (Å²) >= 11 is 0. The lowest BCUT2D eigenvalue weighted by Gasteiger charge is -2.07. The van der Waals surface area contributed by atoms with Crippen LogP contribution in [0.2, 0.25) is 0 Å². The standard InChI is InChI=1S/C15H14N4O/c1-19(2)15(20)14-11-8-12(10-6-4-3-5-7-10)16-9-13(11)17-18-14/h3-9H,1-2H3,(H,17,18). The number of carbonyl (C=O) groups is 1. The third-order valence-corrected chi connectivity index (χ3v) is 3.13. The van der Waals surface area contributed by atoms with E-state index in [0.29, 0.717) is 5.69 Å². The molecular formula is C15H14N4O. The van der Waals surface area contributed by atoms with Gasteiger partial charge < -0.3 is 4.90 Å². The Labute approximate surface area is 116 Å². The van der Waals surface area contributed by atoms with Gasteiger partial charge in [0.25, 0.3) is 5.91 Å². The maximum absolute atomic E-state index is 12.1. The van der Waals surface area contributed by atoms with E-state index < -0.39 is 0 Å². The predicted molar refractivity (Wildman–Crippen MR) is 77.3 cm³/mol. The molecule has 0 aliphatic heterocycles. The number of amides is 1. The molecule has 0 atom stereocenters. The molecule has 1 amide bonds. The average molecular weight is 266 g/mol. The van der Waals surface area contributed by atoms with E-state index in [1.807, 2.05) is 36.4 Å². The maximum Gasteiger partial charge on any atom is 0.274 e. The van der Waals surface area contributed by atoms with Gasteiger partial charge in [-0.25, -0.2) is 0 Å². The van der Waals surface area contributed by atoms with Crippen LogP contribution in [0.1, 0.15) is 10.5 Å². The SMILES string of the molecule is CN(C)C(=O)c1n[nH]c2cnc(-c3ccccc3)cc12. The molecule has 0 radical (unpaired) electrons. The van der Waals surface area contributed by atoms with Gasteiger partial charge in [0.15, 0.2) is 5.69 Å². The van der Waals surface area contributed by atoms with Crippen LogP contribution >= 0.6 is 0 Å². The molecule has 100 valence electrons. The lowest BCUT2D eigenvalue weighted by Crippen LogP contribution is -2.22. The summed E-state index contributed by atoms with van der Waals surface area (Å²) in [6, 6.07) is 11.8. The van der Waals surface area contributed by atoms with E-state index in [9.17, 15) is 4.79 Å². The molecular weight excluding hydrogens is 252 g/mol. The van der Waals surface area contributed by atoms with Crippen molar-refractivity contribution in [1.29, 1.82) is 0 Å². The maximum atomic E-state index is 12.1. The Bertz CT molecular complexity index is 762. The number of benzene rings is 1. The molecule has 3 aromatic rings. The van der Waals surface area contributed by atoms with Gasteiger partial charge >= 0.3 is 0 Å². The van der Waals surface area contributed by atoms with Crippen LogP contribution in [0.15, 0.2) is 42.6 Å². The fourth-order valence-electron chi connectivity index (χ4n) is 2.06. The normalized spacial score (nSPS) is 10.7. The first kappa shape index (κ1) is 12.3. The summed E-state index contributed by atoms with van der Waals surface area (Å²) in [6.07, 6.45) is 1.71. The molecule has 0 spiro atoms. The third-order valence-electron chi connectivity index (χ3n) is 3.13. The van der Waals surface area contributed by atoms with Crippen LogP contribution < -0.4 is 0 Å². The topological polar surface area (TPSA) is 61.9 Å². The molecule has 0 fully saturated rings. The number of nitrogens with zero attached hydrogens (tertiary/aromatic N) is 3. The van der Waals surface area contributed by atoms with E-state index >= 15 is 0 Å². The number of carbonyl (C=O) groups excluding carboxylic acids is 1. The summed E-state index contributed by atoms with van der Waals surface area (Å²) < 4.78 is 0. The summed E-state index contributed by atoms with van der Waals surface area (Å²) in [4.78, 5) is 18.0. The molecule has 5 heteroatoms. The Morgan fingerprint density at radius 3 is 2.65 bits per heavy atom. The highest BCUT2D eigenvalue weighted by Crippen LogP contribution is 2.23. The van der Waals surface area contributed by atoms with Gasteiger partial charge in [-0.3, -0.25) is 14.9 Å². The van der Waals surface area contributed by atoms with Gasteiger partial charge in [0, 0.05) is 25.0 Å². The molecule has 0 aliphatic rings. The number of aromatic amines is 1. The quantitative estimate of drug-likeness (QED) is 0.774. The molecule has 1 N–H and O–H groups in total. The zero-order chi connectivity index (χ0) is 14.1. The van der Waals surface area contributed by atoms with Crippen molar-refractivity contribution in [3.63, 3.8) is 0 Å². The van der Waals surface area contributed by atoms with Gasteiger partial charge in [-0.15, -0.1) is 0 Å². The summed E-state index contributed by atoms with van der Waals surface area (Å²) in [5.41, 5.74) is 3.02. The first-order chi connectivity index (χ1) is 9.66. The number of hydrogen-bond acceptors (Lipinski definition) is 3. The number of rotatable bonds is 2. The smallest absolute Gasteiger partial charge is 0.274 e. The van der Waals surface area contributed by atoms with Crippen LogP contribution in [-0.4, -0.2) is 40.1 Å². The van der Waals surface area contributed by atoms with Crippen molar-refractivity contribution in [1.82, 2.24) is 20.1 Å². The molecule has 0 bridgehead atoms. The highest BCUT2D eigenvalue weighted by atomic mass is 16.2. The van der Waals surface area contributed by atoms with Gasteiger partial charge in [0.2, 0.25) is 0 Å². The molecule has 2 aromatic heterocycles. The Hall–Kier alpha value is -2.69. The van der Waals surface area contributed by atoms with Gasteiger partial charge in [-0.05, 0) is 6.07 Å². The van der Waals surface area contributed by atoms with Crippen LogP contribution in [0.25, 0.3) is 22.2 Å². The van der Waals surface area contributed by atoms with Crippen molar-refractivity contribution in [2.45, 2.75) is 0 Å². The second-order valence-electron chi connectivity index (χ2n) is 4.75. The summed E-state index contributed by atoms with van der Waals surface area (Å²) in [6.45, 7) is 0. The molecule has 1 aromatic carbocycles. The summed E-state index contributed by atoms with van der Waals surface area (Å²) in [7, 11) is 3.42. The first-order valence-electron chi connectivity index (χ1n) is 6.28. The van der Waals surface area contributed by atoms with Crippen molar-refractivity contribution in [3.8, 4) is 11.3 Å². The minimum absolute atomic E-state index is 0.124. The van der Waals surface area contributed by atoms with Crippen LogP contribution in [-0.2, 0) is 0 Å². The number of hydrogen-bond donors (Lipinski definition) is 1. The number of pyridine rings is 1. The first-order valence-corrected chi connectivity index (χ1v) is 6.28. The van der Waals surface area contributed by atoms with E-state index in [4.69, 9.17) is 0 Å². The average Bonchev–Trinajstić information content (AvgIpc) is 2.90. The van der Waals surface area contributed by atoms with Crippen molar-refractivity contribution >= 4 is 16.8 Å². The van der Waals surface area contributed by atoms with E-state index in [0.717, 1.165) is 22.2 Å². The number of aromatic nitrogens is 3. The van der Waals surface area contributed by atoms with E-state index in [2.05, 4.69) is 15.2 Å². The van der Waals surface area contributed by atoms with Crippen LogP contribution in [0.4, 0.5) is 0 Å². The van der Waals surface area contributed by atoms with Gasteiger partial charge in [0.1, 0.15) is 0 Å². The second-order valence-corrected chi connectivity index (χ2v) is 4.75. The molecule has 2 heterocycles. The zero-order valence-corrected chi connectivity index (χ0v) is 11.3.